The van der Waals surface area contributed by atoms with Crippen molar-refractivity contribution in [3.8, 4) is 0 Å². The molecule has 2 aromatic rings. The first-order valence-corrected chi connectivity index (χ1v) is 6.05. The molecule has 0 radical (unpaired) electrons. The fraction of sp³-hybridized carbons (Fsp3) is 0.154. The number of rotatable bonds is 4. The van der Waals surface area contributed by atoms with E-state index in [4.69, 9.17) is 0 Å². The molecule has 21 heavy (non-hydrogen) atoms. The van der Waals surface area contributed by atoms with E-state index in [1.54, 1.807) is 25.1 Å². The van der Waals surface area contributed by atoms with Crippen LogP contribution >= 0.6 is 0 Å². The molecule has 0 aliphatic carbocycles. The summed E-state index contributed by atoms with van der Waals surface area (Å²) in [5.74, 6) is -0.141. The lowest BCUT2D eigenvalue weighted by atomic mass is 10.3. The van der Waals surface area contributed by atoms with Gasteiger partial charge < -0.3 is 5.32 Å². The number of carbonyl (C=O) groups is 1. The van der Waals surface area contributed by atoms with E-state index in [0.29, 0.717) is 11.5 Å². The summed E-state index contributed by atoms with van der Waals surface area (Å²) in [5, 5.41) is 13.3. The molecule has 0 aliphatic heterocycles. The Labute approximate surface area is 119 Å². The lowest BCUT2D eigenvalue weighted by Crippen LogP contribution is -2.30. The normalized spacial score (nSPS) is 10.1. The Morgan fingerprint density at radius 3 is 2.76 bits per heavy atom. The lowest BCUT2D eigenvalue weighted by molar-refractivity contribution is -0.386. The number of anilines is 1. The van der Waals surface area contributed by atoms with E-state index in [1.807, 2.05) is 0 Å². The van der Waals surface area contributed by atoms with Crippen molar-refractivity contribution in [3.05, 3.63) is 62.7 Å². The van der Waals surface area contributed by atoms with Gasteiger partial charge in [0.05, 0.1) is 4.92 Å². The van der Waals surface area contributed by atoms with Gasteiger partial charge in [0.1, 0.15) is 12.4 Å². The fourth-order valence-corrected chi connectivity index (χ4v) is 1.76. The van der Waals surface area contributed by atoms with E-state index in [1.165, 1.54) is 12.3 Å². The summed E-state index contributed by atoms with van der Waals surface area (Å²) >= 11 is 0. The van der Waals surface area contributed by atoms with Gasteiger partial charge >= 0.3 is 11.2 Å². The molecular weight excluding hydrogens is 276 g/mol. The predicted molar refractivity (Wildman–Crippen MR) is 75.0 cm³/mol. The number of nitro groups is 1. The summed E-state index contributed by atoms with van der Waals surface area (Å²) in [6.45, 7) is 1.28. The van der Waals surface area contributed by atoms with Crippen LogP contribution in [0.4, 0.5) is 11.5 Å². The van der Waals surface area contributed by atoms with Crippen molar-refractivity contribution in [1.82, 2.24) is 9.55 Å². The molecule has 0 atom stereocenters. The second-order valence-corrected chi connectivity index (χ2v) is 4.27. The van der Waals surface area contributed by atoms with Crippen molar-refractivity contribution in [1.29, 1.82) is 0 Å². The first-order valence-electron chi connectivity index (χ1n) is 6.05. The minimum atomic E-state index is -0.809. The summed E-state index contributed by atoms with van der Waals surface area (Å²) in [6, 6.07) is 7.55. The standard InChI is InChI=1S/C13H12N4O4/c1-9-5-6-10(17(20)21)13(19)16(9)8-12(18)15-11-4-2-3-7-14-11/h2-7H,8H2,1H3,(H,14,15,18). The predicted octanol–water partition coefficient (Wildman–Crippen LogP) is 1.10. The summed E-state index contributed by atoms with van der Waals surface area (Å²) in [7, 11) is 0. The number of nitrogens with one attached hydrogen (secondary N) is 1. The molecule has 1 amide bonds. The van der Waals surface area contributed by atoms with Crippen molar-refractivity contribution in [2.24, 2.45) is 0 Å². The molecule has 0 spiro atoms. The van der Waals surface area contributed by atoms with E-state index in [-0.39, 0.29) is 6.54 Å². The third-order valence-electron chi connectivity index (χ3n) is 2.80. The molecule has 2 aromatic heterocycles. The maximum absolute atomic E-state index is 11.9. The van der Waals surface area contributed by atoms with Gasteiger partial charge in [-0.3, -0.25) is 24.3 Å². The summed E-state index contributed by atoms with van der Waals surface area (Å²) in [5.41, 5.74) is -0.913. The second kappa shape index (κ2) is 5.95. The fourth-order valence-electron chi connectivity index (χ4n) is 1.76. The molecule has 8 heteroatoms. The minimum Gasteiger partial charge on any atom is -0.309 e. The molecule has 0 aromatic carbocycles. The van der Waals surface area contributed by atoms with Crippen LogP contribution in [0.25, 0.3) is 0 Å². The number of amides is 1. The quantitative estimate of drug-likeness (QED) is 0.669. The molecule has 0 saturated carbocycles. The first-order chi connectivity index (χ1) is 9.99. The van der Waals surface area contributed by atoms with Gasteiger partial charge in [0.15, 0.2) is 0 Å². The number of nitrogens with zero attached hydrogens (tertiary/aromatic N) is 3. The molecule has 8 nitrogen and oxygen atoms in total. The Morgan fingerprint density at radius 1 is 1.38 bits per heavy atom. The maximum atomic E-state index is 11.9. The molecule has 0 unspecified atom stereocenters. The number of hydrogen-bond donors (Lipinski definition) is 1. The van der Waals surface area contributed by atoms with Gasteiger partial charge in [-0.1, -0.05) is 6.07 Å². The average Bonchev–Trinajstić information content (AvgIpc) is 2.44. The Balaban J connectivity index is 2.23. The zero-order chi connectivity index (χ0) is 15.4. The van der Waals surface area contributed by atoms with Crippen LogP contribution in [0, 0.1) is 17.0 Å². The number of carbonyl (C=O) groups excluding carboxylic acids is 1. The third kappa shape index (κ3) is 3.30. The Hall–Kier alpha value is -3.03. The van der Waals surface area contributed by atoms with E-state index >= 15 is 0 Å². The zero-order valence-electron chi connectivity index (χ0n) is 11.1. The van der Waals surface area contributed by atoms with Crippen LogP contribution in [-0.2, 0) is 11.3 Å². The third-order valence-corrected chi connectivity index (χ3v) is 2.80. The van der Waals surface area contributed by atoms with E-state index < -0.39 is 22.1 Å². The van der Waals surface area contributed by atoms with Gasteiger partial charge in [0.2, 0.25) is 5.91 Å². The van der Waals surface area contributed by atoms with Crippen LogP contribution in [0.2, 0.25) is 0 Å². The number of aromatic nitrogens is 2. The molecule has 0 saturated heterocycles. The maximum Gasteiger partial charge on any atom is 0.334 e. The van der Waals surface area contributed by atoms with Crippen molar-refractivity contribution >= 4 is 17.4 Å². The van der Waals surface area contributed by atoms with Crippen LogP contribution in [0.5, 0.6) is 0 Å². The van der Waals surface area contributed by atoms with Gasteiger partial charge in [0, 0.05) is 18.0 Å². The number of pyridine rings is 2. The highest BCUT2D eigenvalue weighted by Crippen LogP contribution is 2.06. The van der Waals surface area contributed by atoms with E-state index in [0.717, 1.165) is 10.6 Å². The largest absolute Gasteiger partial charge is 0.334 e. The highest BCUT2D eigenvalue weighted by atomic mass is 16.6. The smallest absolute Gasteiger partial charge is 0.309 e. The van der Waals surface area contributed by atoms with Crippen LogP contribution in [0.3, 0.4) is 0 Å². The highest BCUT2D eigenvalue weighted by molar-refractivity contribution is 5.89. The van der Waals surface area contributed by atoms with Crippen LogP contribution in [-0.4, -0.2) is 20.4 Å². The van der Waals surface area contributed by atoms with E-state index in [9.17, 15) is 19.7 Å². The lowest BCUT2D eigenvalue weighted by Gasteiger charge is -2.09. The molecule has 2 heterocycles. The van der Waals surface area contributed by atoms with Crippen molar-refractivity contribution in [3.63, 3.8) is 0 Å². The van der Waals surface area contributed by atoms with Gasteiger partial charge in [-0.25, -0.2) is 4.98 Å². The van der Waals surface area contributed by atoms with Crippen molar-refractivity contribution in [2.45, 2.75) is 13.5 Å². The van der Waals surface area contributed by atoms with Gasteiger partial charge in [-0.15, -0.1) is 0 Å². The summed E-state index contributed by atoms with van der Waals surface area (Å²) in [6.07, 6.45) is 1.51. The zero-order valence-corrected chi connectivity index (χ0v) is 11.1. The number of hydrogen-bond acceptors (Lipinski definition) is 5. The molecule has 0 bridgehead atoms. The first kappa shape index (κ1) is 14.4. The second-order valence-electron chi connectivity index (χ2n) is 4.27. The van der Waals surface area contributed by atoms with Crippen LogP contribution in [0.15, 0.2) is 41.3 Å². The minimum absolute atomic E-state index is 0.317. The van der Waals surface area contributed by atoms with Gasteiger partial charge in [-0.05, 0) is 25.1 Å². The van der Waals surface area contributed by atoms with Crippen LogP contribution < -0.4 is 10.9 Å². The average molecular weight is 288 g/mol. The Kier molecular flexibility index (Phi) is 4.07. The summed E-state index contributed by atoms with van der Waals surface area (Å²) in [4.78, 5) is 37.7. The number of aryl methyl sites for hydroxylation is 1. The SMILES string of the molecule is Cc1ccc([N+](=O)[O-])c(=O)n1CC(=O)Nc1ccccn1. The van der Waals surface area contributed by atoms with E-state index in [2.05, 4.69) is 10.3 Å². The molecule has 0 fully saturated rings. The van der Waals surface area contributed by atoms with Crippen molar-refractivity contribution in [2.75, 3.05) is 5.32 Å². The molecular formula is C13H12N4O4. The summed E-state index contributed by atoms with van der Waals surface area (Å²) < 4.78 is 1.05. The Bertz CT molecular complexity index is 740. The highest BCUT2D eigenvalue weighted by Gasteiger charge is 2.17. The topological polar surface area (TPSA) is 107 Å². The molecule has 108 valence electrons. The van der Waals surface area contributed by atoms with Crippen molar-refractivity contribution < 1.29 is 9.72 Å². The molecule has 2 rings (SSSR count). The molecule has 0 aliphatic rings. The van der Waals surface area contributed by atoms with Gasteiger partial charge in [-0.2, -0.15) is 0 Å². The Morgan fingerprint density at radius 2 is 2.14 bits per heavy atom. The molecule has 1 N–H and O–H groups in total. The van der Waals surface area contributed by atoms with Gasteiger partial charge in [0.25, 0.3) is 0 Å². The monoisotopic (exact) mass is 288 g/mol. The van der Waals surface area contributed by atoms with Crippen LogP contribution in [0.1, 0.15) is 5.69 Å².